The van der Waals surface area contributed by atoms with Crippen molar-refractivity contribution in [3.05, 3.63) is 0 Å². The quantitative estimate of drug-likeness (QED) is 0.0281. The van der Waals surface area contributed by atoms with Gasteiger partial charge in [-0.1, -0.05) is 157 Å². The van der Waals surface area contributed by atoms with E-state index in [9.17, 15) is 28.6 Å². The van der Waals surface area contributed by atoms with Crippen LogP contribution in [0.25, 0.3) is 0 Å². The number of hydrogen-bond acceptors (Lipinski definition) is 12. The lowest BCUT2D eigenvalue weighted by molar-refractivity contribution is -0.291. The van der Waals surface area contributed by atoms with E-state index in [2.05, 4.69) is 41.5 Å². The van der Waals surface area contributed by atoms with Gasteiger partial charge in [0.05, 0.1) is 6.61 Å². The maximum atomic E-state index is 13.1. The third-order valence-corrected chi connectivity index (χ3v) is 12.6. The van der Waals surface area contributed by atoms with Crippen LogP contribution in [-0.4, -0.2) is 72.7 Å². The van der Waals surface area contributed by atoms with Crippen molar-refractivity contribution >= 4 is 31.7 Å². The zero-order chi connectivity index (χ0) is 45.1. The van der Waals surface area contributed by atoms with Crippen LogP contribution in [0.4, 0.5) is 0 Å². The van der Waals surface area contributed by atoms with Gasteiger partial charge in [0, 0.05) is 27.7 Å². The number of ether oxygens (including phenoxy) is 5. The number of unbranched alkanes of at least 4 members (excludes halogenated alkanes) is 4. The van der Waals surface area contributed by atoms with Crippen molar-refractivity contribution in [3.63, 3.8) is 0 Å². The molecule has 1 aliphatic rings. The third kappa shape index (κ3) is 27.1. The first-order valence-electron chi connectivity index (χ1n) is 23.3. The lowest BCUT2D eigenvalue weighted by Crippen LogP contribution is -2.62. The zero-order valence-electron chi connectivity index (χ0n) is 39.1. The Balaban J connectivity index is 2.41. The van der Waals surface area contributed by atoms with Gasteiger partial charge >= 0.3 is 31.7 Å². The van der Waals surface area contributed by atoms with Crippen LogP contribution in [0.5, 0.6) is 0 Å². The topological polar surface area (TPSA) is 170 Å². The van der Waals surface area contributed by atoms with Gasteiger partial charge in [-0.3, -0.25) is 28.2 Å². The Morgan fingerprint density at radius 1 is 0.533 bits per heavy atom. The Kier molecular flexibility index (Phi) is 29.6. The molecule has 1 unspecified atom stereocenters. The minimum absolute atomic E-state index is 0.0878. The van der Waals surface area contributed by atoms with E-state index in [1.807, 2.05) is 0 Å². The lowest BCUT2D eigenvalue weighted by atomic mass is 9.89. The summed E-state index contributed by atoms with van der Waals surface area (Å²) in [5.74, 6) is 0.389. The molecule has 0 amide bonds. The Bertz CT molecular complexity index is 1250. The number of esters is 4. The molecule has 11 atom stereocenters. The lowest BCUT2D eigenvalue weighted by Gasteiger charge is -2.44. The highest BCUT2D eigenvalue weighted by atomic mass is 31.2. The highest BCUT2D eigenvalue weighted by Crippen LogP contribution is 2.47. The van der Waals surface area contributed by atoms with Crippen LogP contribution in [0.3, 0.4) is 0 Å². The van der Waals surface area contributed by atoms with Crippen molar-refractivity contribution in [1.29, 1.82) is 0 Å². The molecule has 1 fully saturated rings. The largest absolute Gasteiger partial charge is 0.474 e. The fourth-order valence-electron chi connectivity index (χ4n) is 8.12. The van der Waals surface area contributed by atoms with Gasteiger partial charge < -0.3 is 28.6 Å². The summed E-state index contributed by atoms with van der Waals surface area (Å²) in [6.07, 6.45) is 17.3. The number of carbonyl (C=O) groups excluding carboxylic acids is 4. The Morgan fingerprint density at radius 3 is 1.33 bits per heavy atom. The maximum absolute atomic E-state index is 13.1. The maximum Gasteiger partial charge on any atom is 0.474 e. The molecule has 0 aromatic rings. The van der Waals surface area contributed by atoms with Crippen LogP contribution in [0.1, 0.15) is 198 Å². The van der Waals surface area contributed by atoms with Gasteiger partial charge in [0.1, 0.15) is 12.7 Å². The van der Waals surface area contributed by atoms with Crippen molar-refractivity contribution < 1.29 is 61.4 Å². The summed E-state index contributed by atoms with van der Waals surface area (Å²) < 4.78 is 50.4. The SMILES string of the molecule is CCCCCCC[C@H](C)CCC[C@H](C)CCC[C@H](C)CCC[C@H](C)CCC[C@H](C)CCCOP(=O)(O)O[C@@H]1O[C@H](COC(C)=O)[C@@H](OC(C)=O)[C@H](OC(C)=O)[C@@H]1OC(C)=O. The molecular formula is C46H85O13P. The van der Waals surface area contributed by atoms with Crippen LogP contribution in [0, 0.1) is 29.6 Å². The predicted octanol–water partition coefficient (Wildman–Crippen LogP) is 11.2. The second-order valence-electron chi connectivity index (χ2n) is 18.1. The van der Waals surface area contributed by atoms with Gasteiger partial charge in [-0.15, -0.1) is 0 Å². The number of rotatable bonds is 34. The van der Waals surface area contributed by atoms with Gasteiger partial charge in [0.15, 0.2) is 18.3 Å². The summed E-state index contributed by atoms with van der Waals surface area (Å²) in [6, 6.07) is 0. The van der Waals surface area contributed by atoms with Crippen molar-refractivity contribution in [2.75, 3.05) is 13.2 Å². The minimum atomic E-state index is -4.82. The molecule has 1 aliphatic heterocycles. The number of phosphoric acid groups is 1. The smallest absolute Gasteiger partial charge is 0.463 e. The van der Waals surface area contributed by atoms with E-state index in [0.717, 1.165) is 64.7 Å². The van der Waals surface area contributed by atoms with Crippen LogP contribution in [-0.2, 0) is 56.5 Å². The van der Waals surface area contributed by atoms with Crippen LogP contribution >= 0.6 is 7.82 Å². The van der Waals surface area contributed by atoms with Gasteiger partial charge in [0.25, 0.3) is 0 Å². The predicted molar refractivity (Wildman–Crippen MR) is 233 cm³/mol. The van der Waals surface area contributed by atoms with Crippen LogP contribution < -0.4 is 0 Å². The summed E-state index contributed by atoms with van der Waals surface area (Å²) >= 11 is 0. The molecule has 0 spiro atoms. The number of carbonyl (C=O) groups is 4. The van der Waals surface area contributed by atoms with Crippen LogP contribution in [0.15, 0.2) is 0 Å². The van der Waals surface area contributed by atoms with Crippen molar-refractivity contribution in [2.45, 2.75) is 228 Å². The highest BCUT2D eigenvalue weighted by Gasteiger charge is 2.54. The normalized spacial score (nSPS) is 22.8. The molecule has 1 saturated heterocycles. The second-order valence-corrected chi connectivity index (χ2v) is 19.5. The molecule has 1 rings (SSSR count). The zero-order valence-corrected chi connectivity index (χ0v) is 40.0. The number of phosphoric ester groups is 1. The molecule has 1 heterocycles. The second kappa shape index (κ2) is 31.7. The first-order valence-corrected chi connectivity index (χ1v) is 24.8. The Morgan fingerprint density at radius 2 is 0.917 bits per heavy atom. The van der Waals surface area contributed by atoms with Gasteiger partial charge in [-0.25, -0.2) is 4.57 Å². The van der Waals surface area contributed by atoms with Gasteiger partial charge in [-0.2, -0.15) is 0 Å². The Hall–Kier alpha value is -2.05. The minimum Gasteiger partial charge on any atom is -0.463 e. The summed E-state index contributed by atoms with van der Waals surface area (Å²) in [6.45, 7) is 17.9. The monoisotopic (exact) mass is 877 g/mol. The van der Waals surface area contributed by atoms with E-state index in [-0.39, 0.29) is 6.61 Å². The van der Waals surface area contributed by atoms with E-state index in [1.54, 1.807) is 0 Å². The third-order valence-electron chi connectivity index (χ3n) is 11.7. The molecule has 0 saturated carbocycles. The van der Waals surface area contributed by atoms with Crippen molar-refractivity contribution in [3.8, 4) is 0 Å². The summed E-state index contributed by atoms with van der Waals surface area (Å²) in [5.41, 5.74) is 0. The van der Waals surface area contributed by atoms with E-state index in [1.165, 1.54) is 103 Å². The standard InChI is InChI=1S/C46H85O13P/c1-11-12-13-14-15-21-33(2)22-16-23-34(3)24-17-25-35(4)26-18-27-36(5)28-19-29-37(6)30-20-31-54-60(51,52)59-46-45(57-41(10)50)44(56-40(9)49)43(55-39(8)48)42(58-46)32-53-38(7)47/h33-37,42-46H,11-32H2,1-10H3,(H,51,52)/t33-,34-,35-,36-,37-,42+,43+,44-,45-,46-/m0/s1. The molecule has 13 nitrogen and oxygen atoms in total. The van der Waals surface area contributed by atoms with Crippen molar-refractivity contribution in [1.82, 2.24) is 0 Å². The average Bonchev–Trinajstić information content (AvgIpc) is 3.14. The first kappa shape index (κ1) is 56.0. The Labute approximate surface area is 363 Å². The average molecular weight is 877 g/mol. The van der Waals surface area contributed by atoms with E-state index in [4.69, 9.17) is 32.7 Å². The molecule has 14 heteroatoms. The van der Waals surface area contributed by atoms with Crippen LogP contribution in [0.2, 0.25) is 0 Å². The molecule has 0 aromatic heterocycles. The van der Waals surface area contributed by atoms with Gasteiger partial charge in [0.2, 0.25) is 6.29 Å². The number of hydrogen-bond donors (Lipinski definition) is 1. The fourth-order valence-corrected chi connectivity index (χ4v) is 8.98. The van der Waals surface area contributed by atoms with E-state index >= 15 is 0 Å². The molecule has 60 heavy (non-hydrogen) atoms. The molecule has 352 valence electrons. The molecule has 1 N–H and O–H groups in total. The van der Waals surface area contributed by atoms with E-state index in [0.29, 0.717) is 18.3 Å². The molecule has 0 aromatic carbocycles. The first-order chi connectivity index (χ1) is 28.3. The summed E-state index contributed by atoms with van der Waals surface area (Å²) in [4.78, 5) is 58.2. The van der Waals surface area contributed by atoms with E-state index < -0.39 is 69.0 Å². The molecular weight excluding hydrogens is 791 g/mol. The summed E-state index contributed by atoms with van der Waals surface area (Å²) in [5, 5.41) is 0. The van der Waals surface area contributed by atoms with Crippen molar-refractivity contribution in [2.24, 2.45) is 29.6 Å². The van der Waals surface area contributed by atoms with Gasteiger partial charge in [-0.05, 0) is 42.4 Å². The molecule has 0 radical (unpaired) electrons. The molecule has 0 bridgehead atoms. The fraction of sp³-hybridized carbons (Fsp3) is 0.913. The highest BCUT2D eigenvalue weighted by molar-refractivity contribution is 7.47. The summed E-state index contributed by atoms with van der Waals surface area (Å²) in [7, 11) is -4.82. The molecule has 0 aliphatic carbocycles.